The number of hydrogen-bond donors (Lipinski definition) is 0. The Kier molecular flexibility index (Phi) is 3.24. The minimum Gasteiger partial charge on any atom is -0.343 e. The minimum absolute atomic E-state index is 0.0140. The Balaban J connectivity index is 1.84. The van der Waals surface area contributed by atoms with Gasteiger partial charge in [-0.2, -0.15) is 0 Å². The summed E-state index contributed by atoms with van der Waals surface area (Å²) in [7, 11) is 0. The van der Waals surface area contributed by atoms with Crippen molar-refractivity contribution in [3.63, 3.8) is 0 Å². The van der Waals surface area contributed by atoms with Crippen molar-refractivity contribution < 1.29 is 14.3 Å². The molecule has 94 valence electrons. The summed E-state index contributed by atoms with van der Waals surface area (Å²) in [6, 6.07) is 10.0. The summed E-state index contributed by atoms with van der Waals surface area (Å²) >= 11 is 1.64. The first-order chi connectivity index (χ1) is 8.78. The molecule has 0 saturated carbocycles. The first-order valence-corrected chi connectivity index (χ1v) is 6.88. The lowest BCUT2D eigenvalue weighted by molar-refractivity contribution is -0.133. The van der Waals surface area contributed by atoms with E-state index in [1.165, 1.54) is 0 Å². The summed E-state index contributed by atoms with van der Waals surface area (Å²) in [5.41, 5.74) is 0. The fraction of sp³-hybridized carbons (Fsp3) is 0.357. The predicted octanol–water partition coefficient (Wildman–Crippen LogP) is 2.42. The molecule has 3 nitrogen and oxygen atoms in total. The molecule has 4 heteroatoms. The predicted molar refractivity (Wildman–Crippen MR) is 69.5 cm³/mol. The number of benzene rings is 1. The summed E-state index contributed by atoms with van der Waals surface area (Å²) in [5.74, 6) is -0.581. The van der Waals surface area contributed by atoms with Gasteiger partial charge in [0.2, 0.25) is 5.79 Å². The highest BCUT2D eigenvalue weighted by atomic mass is 32.2. The maximum atomic E-state index is 11.6. The standard InChI is InChI=1S/C14H14O3S/c15-11-6-7-14(16-8-9-17-14)13(10-11)18-12-4-2-1-3-5-12/h1-7,13H,8-10H2/t13-/m1/s1. The molecular weight excluding hydrogens is 248 g/mol. The molecular formula is C14H14O3S. The van der Waals surface area contributed by atoms with E-state index in [0.717, 1.165) is 4.90 Å². The van der Waals surface area contributed by atoms with Crippen molar-refractivity contribution in [2.75, 3.05) is 13.2 Å². The molecule has 1 aliphatic heterocycles. The normalized spacial score (nSPS) is 25.8. The SMILES string of the molecule is O=C1C=CC2(OCCO2)[C@H](Sc2ccccc2)C1. The molecule has 1 spiro atoms. The van der Waals surface area contributed by atoms with E-state index < -0.39 is 5.79 Å². The maximum Gasteiger partial charge on any atom is 0.201 e. The number of allylic oxidation sites excluding steroid dienone is 1. The lowest BCUT2D eigenvalue weighted by atomic mass is 10.00. The molecule has 1 atom stereocenters. The van der Waals surface area contributed by atoms with Crippen LogP contribution in [0.25, 0.3) is 0 Å². The van der Waals surface area contributed by atoms with Crippen LogP contribution in [0.3, 0.4) is 0 Å². The molecule has 18 heavy (non-hydrogen) atoms. The van der Waals surface area contributed by atoms with E-state index in [2.05, 4.69) is 0 Å². The molecule has 3 rings (SSSR count). The minimum atomic E-state index is -0.714. The number of carbonyl (C=O) groups is 1. The number of thioether (sulfide) groups is 1. The molecule has 0 aromatic heterocycles. The van der Waals surface area contributed by atoms with Crippen LogP contribution in [0, 0.1) is 0 Å². The second-order valence-corrected chi connectivity index (χ2v) is 5.62. The number of ether oxygens (including phenoxy) is 2. The Morgan fingerprint density at radius 1 is 1.17 bits per heavy atom. The second-order valence-electron chi connectivity index (χ2n) is 4.34. The van der Waals surface area contributed by atoms with Crippen molar-refractivity contribution in [3.05, 3.63) is 42.5 Å². The lowest BCUT2D eigenvalue weighted by Crippen LogP contribution is -2.43. The van der Waals surface area contributed by atoms with E-state index in [1.807, 2.05) is 30.3 Å². The Hall–Kier alpha value is -1.10. The molecule has 0 amide bonds. The fourth-order valence-corrected chi connectivity index (χ4v) is 3.49. The Labute approximate surface area is 110 Å². The van der Waals surface area contributed by atoms with Crippen LogP contribution in [0.4, 0.5) is 0 Å². The number of ketones is 1. The zero-order chi connectivity index (χ0) is 12.4. The van der Waals surface area contributed by atoms with E-state index in [4.69, 9.17) is 9.47 Å². The van der Waals surface area contributed by atoms with Gasteiger partial charge in [0.1, 0.15) is 0 Å². The number of carbonyl (C=O) groups excluding carboxylic acids is 1. The van der Waals surface area contributed by atoms with Gasteiger partial charge in [-0.15, -0.1) is 11.8 Å². The largest absolute Gasteiger partial charge is 0.343 e. The molecule has 0 bridgehead atoms. The summed E-state index contributed by atoms with van der Waals surface area (Å²) in [5, 5.41) is -0.0140. The maximum absolute atomic E-state index is 11.6. The van der Waals surface area contributed by atoms with E-state index in [9.17, 15) is 4.79 Å². The molecule has 1 heterocycles. The summed E-state index contributed by atoms with van der Waals surface area (Å²) < 4.78 is 11.5. The Morgan fingerprint density at radius 2 is 1.89 bits per heavy atom. The number of rotatable bonds is 2. The molecule has 0 N–H and O–H groups in total. The molecule has 2 aliphatic rings. The van der Waals surface area contributed by atoms with Crippen LogP contribution in [-0.2, 0) is 14.3 Å². The molecule has 1 aliphatic carbocycles. The van der Waals surface area contributed by atoms with Gasteiger partial charge < -0.3 is 9.47 Å². The highest BCUT2D eigenvalue weighted by Gasteiger charge is 2.45. The van der Waals surface area contributed by atoms with Crippen molar-refractivity contribution in [1.29, 1.82) is 0 Å². The zero-order valence-corrected chi connectivity index (χ0v) is 10.7. The van der Waals surface area contributed by atoms with Crippen molar-refractivity contribution in [2.24, 2.45) is 0 Å². The van der Waals surface area contributed by atoms with Gasteiger partial charge in [-0.1, -0.05) is 18.2 Å². The van der Waals surface area contributed by atoms with Crippen LogP contribution >= 0.6 is 11.8 Å². The van der Waals surface area contributed by atoms with E-state index in [-0.39, 0.29) is 11.0 Å². The van der Waals surface area contributed by atoms with Crippen LogP contribution in [0.2, 0.25) is 0 Å². The third-order valence-electron chi connectivity index (χ3n) is 3.10. The monoisotopic (exact) mass is 262 g/mol. The number of hydrogen-bond acceptors (Lipinski definition) is 4. The van der Waals surface area contributed by atoms with Crippen LogP contribution in [0.5, 0.6) is 0 Å². The van der Waals surface area contributed by atoms with Crippen molar-refractivity contribution in [2.45, 2.75) is 22.4 Å². The second kappa shape index (κ2) is 4.88. The van der Waals surface area contributed by atoms with Crippen molar-refractivity contribution >= 4 is 17.5 Å². The van der Waals surface area contributed by atoms with Gasteiger partial charge in [0, 0.05) is 11.3 Å². The van der Waals surface area contributed by atoms with Gasteiger partial charge in [0.05, 0.1) is 18.5 Å². The van der Waals surface area contributed by atoms with Gasteiger partial charge in [-0.05, 0) is 24.3 Å². The molecule has 1 fully saturated rings. The summed E-state index contributed by atoms with van der Waals surface area (Å²) in [4.78, 5) is 12.7. The average molecular weight is 262 g/mol. The van der Waals surface area contributed by atoms with Gasteiger partial charge in [0.15, 0.2) is 5.78 Å². The molecule has 0 radical (unpaired) electrons. The quantitative estimate of drug-likeness (QED) is 0.820. The lowest BCUT2D eigenvalue weighted by Gasteiger charge is -2.34. The fourth-order valence-electron chi connectivity index (χ4n) is 2.22. The van der Waals surface area contributed by atoms with Crippen LogP contribution in [0.15, 0.2) is 47.4 Å². The first-order valence-electron chi connectivity index (χ1n) is 6.00. The molecule has 1 aromatic carbocycles. The third kappa shape index (κ3) is 2.23. The van der Waals surface area contributed by atoms with Crippen LogP contribution in [-0.4, -0.2) is 30.0 Å². The smallest absolute Gasteiger partial charge is 0.201 e. The van der Waals surface area contributed by atoms with Crippen molar-refractivity contribution in [1.82, 2.24) is 0 Å². The summed E-state index contributed by atoms with van der Waals surface area (Å²) in [6.07, 6.45) is 3.80. The topological polar surface area (TPSA) is 35.5 Å². The summed E-state index contributed by atoms with van der Waals surface area (Å²) in [6.45, 7) is 1.18. The third-order valence-corrected chi connectivity index (χ3v) is 4.42. The molecule has 0 unspecified atom stereocenters. The van der Waals surface area contributed by atoms with Crippen molar-refractivity contribution in [3.8, 4) is 0 Å². The average Bonchev–Trinajstić information content (AvgIpc) is 2.85. The van der Waals surface area contributed by atoms with Gasteiger partial charge in [0.25, 0.3) is 0 Å². The Morgan fingerprint density at radius 3 is 2.61 bits per heavy atom. The first kappa shape index (κ1) is 12.0. The van der Waals surface area contributed by atoms with E-state index in [0.29, 0.717) is 19.6 Å². The van der Waals surface area contributed by atoms with Crippen LogP contribution in [0.1, 0.15) is 6.42 Å². The molecule has 1 saturated heterocycles. The van der Waals surface area contributed by atoms with Gasteiger partial charge in [-0.3, -0.25) is 4.79 Å². The highest BCUT2D eigenvalue weighted by molar-refractivity contribution is 8.00. The highest BCUT2D eigenvalue weighted by Crippen LogP contribution is 2.40. The zero-order valence-electron chi connectivity index (χ0n) is 9.87. The van der Waals surface area contributed by atoms with E-state index >= 15 is 0 Å². The Bertz CT molecular complexity index is 463. The van der Waals surface area contributed by atoms with Gasteiger partial charge in [-0.25, -0.2) is 0 Å². The molecule has 1 aromatic rings. The van der Waals surface area contributed by atoms with Gasteiger partial charge >= 0.3 is 0 Å². The van der Waals surface area contributed by atoms with Crippen LogP contribution < -0.4 is 0 Å². The van der Waals surface area contributed by atoms with E-state index in [1.54, 1.807) is 23.9 Å².